The second-order valence-electron chi connectivity index (χ2n) is 4.06. The minimum absolute atomic E-state index is 0.176. The Bertz CT molecular complexity index is 718. The first-order valence-corrected chi connectivity index (χ1v) is 6.52. The van der Waals surface area contributed by atoms with E-state index in [1.807, 2.05) is 40.9 Å². The Morgan fingerprint density at radius 3 is 2.89 bits per heavy atom. The number of anilines is 1. The van der Waals surface area contributed by atoms with E-state index >= 15 is 0 Å². The maximum atomic E-state index is 12.1. The minimum atomic E-state index is -0.176. The Labute approximate surface area is 118 Å². The first kappa shape index (κ1) is 11.9. The Kier molecular flexibility index (Phi) is 3.05. The number of carbonyl (C=O) groups is 1. The van der Waals surface area contributed by atoms with Crippen LogP contribution in [0, 0.1) is 0 Å². The number of halogens is 1. The van der Waals surface area contributed by atoms with Gasteiger partial charge in [0.05, 0.1) is 6.20 Å². The van der Waals surface area contributed by atoms with Gasteiger partial charge >= 0.3 is 0 Å². The van der Waals surface area contributed by atoms with Gasteiger partial charge in [-0.2, -0.15) is 0 Å². The predicted molar refractivity (Wildman–Crippen MR) is 77.3 cm³/mol. The minimum Gasteiger partial charge on any atom is -0.305 e. The van der Waals surface area contributed by atoms with Crippen LogP contribution in [-0.4, -0.2) is 15.3 Å². The molecular formula is C14H10BrN3O. The van der Waals surface area contributed by atoms with Crippen molar-refractivity contribution in [3.63, 3.8) is 0 Å². The summed E-state index contributed by atoms with van der Waals surface area (Å²) < 4.78 is 2.73. The van der Waals surface area contributed by atoms with E-state index in [-0.39, 0.29) is 5.91 Å². The third kappa shape index (κ3) is 2.51. The summed E-state index contributed by atoms with van der Waals surface area (Å²) in [7, 11) is 0. The average Bonchev–Trinajstić information content (AvgIpc) is 2.80. The van der Waals surface area contributed by atoms with Crippen molar-refractivity contribution >= 4 is 33.3 Å². The monoisotopic (exact) mass is 315 g/mol. The number of hydrogen-bond acceptors (Lipinski definition) is 2. The SMILES string of the molecule is O=C(Nc1cn2ccccc2n1)c1cccc(Br)c1. The smallest absolute Gasteiger partial charge is 0.256 e. The molecule has 2 heterocycles. The molecule has 2 aromatic heterocycles. The molecule has 5 heteroatoms. The Morgan fingerprint density at radius 1 is 1.21 bits per heavy atom. The van der Waals surface area contributed by atoms with Gasteiger partial charge in [-0.15, -0.1) is 0 Å². The molecule has 0 radical (unpaired) electrons. The number of rotatable bonds is 2. The lowest BCUT2D eigenvalue weighted by molar-refractivity contribution is 0.102. The second-order valence-corrected chi connectivity index (χ2v) is 4.97. The number of aromatic nitrogens is 2. The molecule has 0 fully saturated rings. The van der Waals surface area contributed by atoms with Crippen LogP contribution in [0.1, 0.15) is 10.4 Å². The van der Waals surface area contributed by atoms with Crippen molar-refractivity contribution in [3.05, 3.63) is 64.9 Å². The summed E-state index contributed by atoms with van der Waals surface area (Å²) >= 11 is 3.34. The van der Waals surface area contributed by atoms with Crippen molar-refractivity contribution in [1.82, 2.24) is 9.38 Å². The van der Waals surface area contributed by atoms with Gasteiger partial charge in [0.15, 0.2) is 5.82 Å². The van der Waals surface area contributed by atoms with Crippen molar-refractivity contribution in [2.24, 2.45) is 0 Å². The molecule has 0 aliphatic carbocycles. The summed E-state index contributed by atoms with van der Waals surface area (Å²) in [6.07, 6.45) is 3.67. The number of pyridine rings is 1. The molecule has 1 aromatic carbocycles. The summed E-state index contributed by atoms with van der Waals surface area (Å²) in [6.45, 7) is 0. The molecule has 0 saturated carbocycles. The first-order chi connectivity index (χ1) is 9.22. The summed E-state index contributed by atoms with van der Waals surface area (Å²) in [6, 6.07) is 12.9. The number of fused-ring (bicyclic) bond motifs is 1. The lowest BCUT2D eigenvalue weighted by Gasteiger charge is -2.01. The molecule has 0 unspecified atom stereocenters. The fraction of sp³-hybridized carbons (Fsp3) is 0. The Morgan fingerprint density at radius 2 is 2.11 bits per heavy atom. The van der Waals surface area contributed by atoms with Gasteiger partial charge in [-0.25, -0.2) is 4.98 Å². The fourth-order valence-corrected chi connectivity index (χ4v) is 2.21. The molecule has 0 saturated heterocycles. The number of amides is 1. The van der Waals surface area contributed by atoms with E-state index in [9.17, 15) is 4.79 Å². The molecule has 0 aliphatic heterocycles. The molecule has 94 valence electrons. The quantitative estimate of drug-likeness (QED) is 0.788. The molecule has 0 spiro atoms. The number of carbonyl (C=O) groups excluding carboxylic acids is 1. The van der Waals surface area contributed by atoms with Crippen LogP contribution in [0.15, 0.2) is 59.3 Å². The van der Waals surface area contributed by atoms with E-state index in [1.165, 1.54) is 0 Å². The molecule has 3 rings (SSSR count). The van der Waals surface area contributed by atoms with Crippen LogP contribution >= 0.6 is 15.9 Å². The highest BCUT2D eigenvalue weighted by molar-refractivity contribution is 9.10. The summed E-state index contributed by atoms with van der Waals surface area (Å²) in [5.41, 5.74) is 1.39. The van der Waals surface area contributed by atoms with E-state index in [1.54, 1.807) is 18.3 Å². The molecule has 1 amide bonds. The van der Waals surface area contributed by atoms with E-state index in [2.05, 4.69) is 26.2 Å². The van der Waals surface area contributed by atoms with Crippen molar-refractivity contribution in [3.8, 4) is 0 Å². The number of benzene rings is 1. The predicted octanol–water partition coefficient (Wildman–Crippen LogP) is 3.35. The molecule has 1 N–H and O–H groups in total. The van der Waals surface area contributed by atoms with Crippen LogP contribution < -0.4 is 5.32 Å². The van der Waals surface area contributed by atoms with Crippen LogP contribution in [-0.2, 0) is 0 Å². The van der Waals surface area contributed by atoms with Crippen LogP contribution in [0.4, 0.5) is 5.82 Å². The lowest BCUT2D eigenvalue weighted by Crippen LogP contribution is -2.11. The van der Waals surface area contributed by atoms with E-state index < -0.39 is 0 Å². The van der Waals surface area contributed by atoms with Crippen LogP contribution in [0.2, 0.25) is 0 Å². The van der Waals surface area contributed by atoms with E-state index in [4.69, 9.17) is 0 Å². The van der Waals surface area contributed by atoms with Gasteiger partial charge in [0.25, 0.3) is 5.91 Å². The molecular weight excluding hydrogens is 306 g/mol. The van der Waals surface area contributed by atoms with Crippen molar-refractivity contribution in [2.45, 2.75) is 0 Å². The van der Waals surface area contributed by atoms with Gasteiger partial charge in [0.2, 0.25) is 0 Å². The van der Waals surface area contributed by atoms with E-state index in [0.717, 1.165) is 10.1 Å². The highest BCUT2D eigenvalue weighted by atomic mass is 79.9. The summed E-state index contributed by atoms with van der Waals surface area (Å²) in [5.74, 6) is 0.362. The zero-order valence-electron chi connectivity index (χ0n) is 9.88. The van der Waals surface area contributed by atoms with Gasteiger partial charge in [0.1, 0.15) is 5.65 Å². The largest absolute Gasteiger partial charge is 0.305 e. The molecule has 0 bridgehead atoms. The molecule has 0 atom stereocenters. The second kappa shape index (κ2) is 4.85. The van der Waals surface area contributed by atoms with Crippen LogP contribution in [0.3, 0.4) is 0 Å². The number of imidazole rings is 1. The number of nitrogens with one attached hydrogen (secondary N) is 1. The maximum Gasteiger partial charge on any atom is 0.256 e. The molecule has 3 aromatic rings. The van der Waals surface area contributed by atoms with Crippen molar-refractivity contribution in [1.29, 1.82) is 0 Å². The number of hydrogen-bond donors (Lipinski definition) is 1. The zero-order valence-corrected chi connectivity index (χ0v) is 11.5. The van der Waals surface area contributed by atoms with Gasteiger partial charge in [-0.05, 0) is 30.3 Å². The standard InChI is InChI=1S/C14H10BrN3O/c15-11-5-3-4-10(8-11)14(19)17-12-9-18-7-2-1-6-13(18)16-12/h1-9H,(H,17,19). The number of nitrogens with zero attached hydrogens (tertiary/aromatic N) is 2. The topological polar surface area (TPSA) is 46.4 Å². The lowest BCUT2D eigenvalue weighted by atomic mass is 10.2. The third-order valence-corrected chi connectivity index (χ3v) is 3.19. The highest BCUT2D eigenvalue weighted by Crippen LogP contribution is 2.14. The van der Waals surface area contributed by atoms with Crippen molar-refractivity contribution in [2.75, 3.05) is 5.32 Å². The zero-order chi connectivity index (χ0) is 13.2. The Balaban J connectivity index is 1.86. The van der Waals surface area contributed by atoms with Crippen molar-refractivity contribution < 1.29 is 4.79 Å². The molecule has 0 aliphatic rings. The van der Waals surface area contributed by atoms with Gasteiger partial charge in [0, 0.05) is 16.2 Å². The van der Waals surface area contributed by atoms with Crippen LogP contribution in [0.5, 0.6) is 0 Å². The summed E-state index contributed by atoms with van der Waals surface area (Å²) in [4.78, 5) is 16.4. The highest BCUT2D eigenvalue weighted by Gasteiger charge is 2.08. The van der Waals surface area contributed by atoms with Crippen LogP contribution in [0.25, 0.3) is 5.65 Å². The average molecular weight is 316 g/mol. The normalized spacial score (nSPS) is 10.6. The molecule has 4 nitrogen and oxygen atoms in total. The van der Waals surface area contributed by atoms with Gasteiger partial charge in [-0.3, -0.25) is 4.79 Å². The fourth-order valence-electron chi connectivity index (χ4n) is 1.81. The summed E-state index contributed by atoms with van der Waals surface area (Å²) in [5, 5.41) is 2.78. The van der Waals surface area contributed by atoms with Gasteiger partial charge < -0.3 is 9.72 Å². The Hall–Kier alpha value is -2.14. The first-order valence-electron chi connectivity index (χ1n) is 5.73. The third-order valence-electron chi connectivity index (χ3n) is 2.69. The van der Waals surface area contributed by atoms with E-state index in [0.29, 0.717) is 11.4 Å². The molecule has 19 heavy (non-hydrogen) atoms. The maximum absolute atomic E-state index is 12.1. The van der Waals surface area contributed by atoms with Gasteiger partial charge in [-0.1, -0.05) is 28.1 Å².